The van der Waals surface area contributed by atoms with Gasteiger partial charge in [0.05, 0.1) is 11.5 Å². The van der Waals surface area contributed by atoms with Gasteiger partial charge in [0, 0.05) is 11.4 Å². The number of nitrogens with one attached hydrogen (secondary N) is 1. The van der Waals surface area contributed by atoms with Gasteiger partial charge in [-0.15, -0.1) is 0 Å². The van der Waals surface area contributed by atoms with Gasteiger partial charge in [0.2, 0.25) is 10.0 Å². The summed E-state index contributed by atoms with van der Waals surface area (Å²) < 4.78 is 26.3. The molecule has 2 N–H and O–H groups in total. The Morgan fingerprint density at radius 1 is 1.35 bits per heavy atom. The first-order valence-corrected chi connectivity index (χ1v) is 7.92. The quantitative estimate of drug-likeness (QED) is 0.783. The van der Waals surface area contributed by atoms with Crippen LogP contribution in [0.5, 0.6) is 0 Å². The summed E-state index contributed by atoms with van der Waals surface area (Å²) in [7, 11) is -3.53. The Balaban J connectivity index is 2.89. The van der Waals surface area contributed by atoms with Gasteiger partial charge in [-0.05, 0) is 24.1 Å². The fraction of sp³-hybridized carbons (Fsp3) is 0.455. The van der Waals surface area contributed by atoms with E-state index in [1.54, 1.807) is 24.3 Å². The molecule has 1 aromatic carbocycles. The second kappa shape index (κ2) is 6.49. The number of sulfonamides is 1. The lowest BCUT2D eigenvalue weighted by Crippen LogP contribution is -2.36. The van der Waals surface area contributed by atoms with Crippen molar-refractivity contribution in [2.45, 2.75) is 29.6 Å². The van der Waals surface area contributed by atoms with E-state index < -0.39 is 16.1 Å². The van der Waals surface area contributed by atoms with Crippen LogP contribution in [0, 0.1) is 0 Å². The third-order valence-electron chi connectivity index (χ3n) is 2.42. The first kappa shape index (κ1) is 14.6. The molecule has 1 unspecified atom stereocenters. The standard InChI is InChI=1S/C11H16BrNO3S/c1-2-10(8-14)13-17(15,16)11-5-3-9(7-12)4-6-11/h3-6,10,13-14H,2,7-8H2,1H3. The average molecular weight is 322 g/mol. The molecule has 0 amide bonds. The molecule has 6 heteroatoms. The zero-order chi connectivity index (χ0) is 12.9. The van der Waals surface area contributed by atoms with E-state index in [4.69, 9.17) is 5.11 Å². The van der Waals surface area contributed by atoms with Crippen molar-refractivity contribution < 1.29 is 13.5 Å². The summed E-state index contributed by atoms with van der Waals surface area (Å²) in [6, 6.07) is 6.19. The van der Waals surface area contributed by atoms with Gasteiger partial charge in [0.25, 0.3) is 0 Å². The number of rotatable bonds is 6. The van der Waals surface area contributed by atoms with Gasteiger partial charge >= 0.3 is 0 Å². The Morgan fingerprint density at radius 3 is 2.35 bits per heavy atom. The number of aliphatic hydroxyl groups excluding tert-OH is 1. The van der Waals surface area contributed by atoms with Gasteiger partial charge in [-0.3, -0.25) is 0 Å². The van der Waals surface area contributed by atoms with E-state index >= 15 is 0 Å². The van der Waals surface area contributed by atoms with Gasteiger partial charge in [0.1, 0.15) is 0 Å². The molecule has 1 aromatic rings. The Kier molecular flexibility index (Phi) is 5.58. The van der Waals surface area contributed by atoms with Gasteiger partial charge in [-0.1, -0.05) is 35.0 Å². The molecule has 0 radical (unpaired) electrons. The lowest BCUT2D eigenvalue weighted by atomic mass is 10.2. The van der Waals surface area contributed by atoms with Crippen LogP contribution < -0.4 is 4.72 Å². The minimum Gasteiger partial charge on any atom is -0.395 e. The predicted molar refractivity (Wildman–Crippen MR) is 70.6 cm³/mol. The van der Waals surface area contributed by atoms with Crippen molar-refractivity contribution in [3.05, 3.63) is 29.8 Å². The molecule has 0 aliphatic carbocycles. The van der Waals surface area contributed by atoms with Crippen LogP contribution in [0.1, 0.15) is 18.9 Å². The summed E-state index contributed by atoms with van der Waals surface area (Å²) in [4.78, 5) is 0.217. The lowest BCUT2D eigenvalue weighted by molar-refractivity contribution is 0.254. The predicted octanol–water partition coefficient (Wildman–Crippen LogP) is 1.63. The zero-order valence-electron chi connectivity index (χ0n) is 9.56. The molecule has 0 aliphatic rings. The van der Waals surface area contributed by atoms with E-state index in [1.165, 1.54) is 0 Å². The average Bonchev–Trinajstić information content (AvgIpc) is 2.36. The molecule has 0 saturated heterocycles. The summed E-state index contributed by atoms with van der Waals surface area (Å²) in [5.74, 6) is 0. The number of aliphatic hydroxyl groups is 1. The molecule has 0 bridgehead atoms. The summed E-state index contributed by atoms with van der Waals surface area (Å²) in [5, 5.41) is 9.67. The van der Waals surface area contributed by atoms with Crippen molar-refractivity contribution in [3.63, 3.8) is 0 Å². The van der Waals surface area contributed by atoms with Crippen molar-refractivity contribution in [2.75, 3.05) is 6.61 Å². The molecule has 0 heterocycles. The zero-order valence-corrected chi connectivity index (χ0v) is 12.0. The maximum atomic E-state index is 11.9. The summed E-state index contributed by atoms with van der Waals surface area (Å²) >= 11 is 3.30. The van der Waals surface area contributed by atoms with Gasteiger partial charge in [0.15, 0.2) is 0 Å². The van der Waals surface area contributed by atoms with Crippen molar-refractivity contribution in [3.8, 4) is 0 Å². The topological polar surface area (TPSA) is 66.4 Å². The second-order valence-corrected chi connectivity index (χ2v) is 5.96. The largest absolute Gasteiger partial charge is 0.395 e. The molecule has 0 aliphatic heterocycles. The van der Waals surface area contributed by atoms with Crippen LogP contribution in [0.25, 0.3) is 0 Å². The lowest BCUT2D eigenvalue weighted by Gasteiger charge is -2.14. The Morgan fingerprint density at radius 2 is 1.94 bits per heavy atom. The van der Waals surface area contributed by atoms with Crippen LogP contribution in [0.2, 0.25) is 0 Å². The van der Waals surface area contributed by atoms with Gasteiger partial charge < -0.3 is 5.11 Å². The monoisotopic (exact) mass is 321 g/mol. The smallest absolute Gasteiger partial charge is 0.240 e. The fourth-order valence-corrected chi connectivity index (χ4v) is 2.98. The normalized spacial score (nSPS) is 13.6. The highest BCUT2D eigenvalue weighted by Gasteiger charge is 2.18. The Labute approximate surface area is 110 Å². The van der Waals surface area contributed by atoms with Crippen LogP contribution in [0.15, 0.2) is 29.2 Å². The van der Waals surface area contributed by atoms with E-state index in [9.17, 15) is 8.42 Å². The molecule has 96 valence electrons. The van der Waals surface area contributed by atoms with Crippen LogP contribution in [-0.4, -0.2) is 26.2 Å². The fourth-order valence-electron chi connectivity index (χ4n) is 1.29. The molecule has 17 heavy (non-hydrogen) atoms. The highest BCUT2D eigenvalue weighted by molar-refractivity contribution is 9.08. The van der Waals surface area contributed by atoms with Gasteiger partial charge in [-0.25, -0.2) is 13.1 Å². The Hall–Kier alpha value is -0.430. The van der Waals surface area contributed by atoms with Crippen molar-refractivity contribution >= 4 is 26.0 Å². The molecular weight excluding hydrogens is 306 g/mol. The minimum absolute atomic E-state index is 0.199. The maximum absolute atomic E-state index is 11.9. The number of halogens is 1. The minimum atomic E-state index is -3.53. The summed E-state index contributed by atoms with van der Waals surface area (Å²) in [6.45, 7) is 1.62. The number of alkyl halides is 1. The van der Waals surface area contributed by atoms with Crippen LogP contribution in [0.4, 0.5) is 0 Å². The van der Waals surface area contributed by atoms with Crippen molar-refractivity contribution in [1.29, 1.82) is 0 Å². The van der Waals surface area contributed by atoms with Crippen LogP contribution in [0.3, 0.4) is 0 Å². The van der Waals surface area contributed by atoms with Crippen LogP contribution >= 0.6 is 15.9 Å². The molecule has 4 nitrogen and oxygen atoms in total. The van der Waals surface area contributed by atoms with E-state index in [-0.39, 0.29) is 11.5 Å². The number of hydrogen-bond donors (Lipinski definition) is 2. The van der Waals surface area contributed by atoms with E-state index in [0.717, 1.165) is 5.56 Å². The van der Waals surface area contributed by atoms with E-state index in [0.29, 0.717) is 11.8 Å². The summed E-state index contributed by atoms with van der Waals surface area (Å²) in [6.07, 6.45) is 0.551. The summed E-state index contributed by atoms with van der Waals surface area (Å²) in [5.41, 5.74) is 1.01. The molecule has 1 rings (SSSR count). The molecule has 0 fully saturated rings. The molecule has 0 spiro atoms. The maximum Gasteiger partial charge on any atom is 0.240 e. The molecular formula is C11H16BrNO3S. The first-order valence-electron chi connectivity index (χ1n) is 5.31. The SMILES string of the molecule is CCC(CO)NS(=O)(=O)c1ccc(CBr)cc1. The number of hydrogen-bond acceptors (Lipinski definition) is 3. The highest BCUT2D eigenvalue weighted by atomic mass is 79.9. The Bertz CT molecular complexity index is 440. The number of benzene rings is 1. The highest BCUT2D eigenvalue weighted by Crippen LogP contribution is 2.13. The van der Waals surface area contributed by atoms with Crippen molar-refractivity contribution in [2.24, 2.45) is 0 Å². The molecule has 0 saturated carbocycles. The van der Waals surface area contributed by atoms with Crippen molar-refractivity contribution in [1.82, 2.24) is 4.72 Å². The third kappa shape index (κ3) is 4.06. The molecule has 1 atom stereocenters. The van der Waals surface area contributed by atoms with E-state index in [1.807, 2.05) is 6.92 Å². The third-order valence-corrected chi connectivity index (χ3v) is 4.61. The molecule has 0 aromatic heterocycles. The first-order chi connectivity index (χ1) is 8.03. The second-order valence-electron chi connectivity index (χ2n) is 3.69. The van der Waals surface area contributed by atoms with E-state index in [2.05, 4.69) is 20.7 Å². The van der Waals surface area contributed by atoms with Gasteiger partial charge in [-0.2, -0.15) is 0 Å². The van der Waals surface area contributed by atoms with Crippen LogP contribution in [-0.2, 0) is 15.4 Å².